The molecule has 2 heteroatoms. The fraction of sp³-hybridized carbons (Fsp3) is 0.667. The Morgan fingerprint density at radius 1 is 1.80 bits per heavy atom. The molecule has 1 aliphatic rings. The molecule has 1 N–H and O–H groups in total. The van der Waals surface area contributed by atoms with Gasteiger partial charge in [0.25, 0.3) is 0 Å². The second-order valence-electron chi connectivity index (χ2n) is 0.932. The predicted molar refractivity (Wildman–Crippen MR) is 24.8 cm³/mol. The van der Waals surface area contributed by atoms with Gasteiger partial charge in [0.1, 0.15) is 0 Å². The van der Waals surface area contributed by atoms with Gasteiger partial charge in [0.05, 0.1) is 0 Å². The molecule has 0 aromatic rings. The van der Waals surface area contributed by atoms with Crippen molar-refractivity contribution in [1.29, 1.82) is 0 Å². The third-order valence-corrected chi connectivity index (χ3v) is 1.30. The van der Waals surface area contributed by atoms with Gasteiger partial charge in [-0.2, -0.15) is 0 Å². The van der Waals surface area contributed by atoms with Gasteiger partial charge in [-0.05, 0) is 0 Å². The van der Waals surface area contributed by atoms with Crippen LogP contribution in [0, 0.1) is 5.75 Å². The zero-order chi connectivity index (χ0) is 3.54. The molecule has 0 aromatic heterocycles. The minimum absolute atomic E-state index is 1.09. The molecular weight excluding hydrogens is 82.1 g/mol. The largest absolute Gasteiger partial charge is 0.307 e. The highest BCUT2D eigenvalue weighted by molar-refractivity contribution is 8.01. The predicted octanol–water partition coefficient (Wildman–Crippen LogP) is 0.442. The normalized spacial score (nSPS) is 24.0. The van der Waals surface area contributed by atoms with E-state index >= 15 is 0 Å². The summed E-state index contributed by atoms with van der Waals surface area (Å²) < 4.78 is 0. The lowest BCUT2D eigenvalue weighted by Gasteiger charge is -1.74. The first-order chi connectivity index (χ1) is 2.50. The van der Waals surface area contributed by atoms with E-state index in [0.717, 1.165) is 12.4 Å². The van der Waals surface area contributed by atoms with Crippen LogP contribution in [0.2, 0.25) is 0 Å². The minimum Gasteiger partial charge on any atom is -0.307 e. The van der Waals surface area contributed by atoms with Gasteiger partial charge < -0.3 is 5.32 Å². The van der Waals surface area contributed by atoms with Crippen LogP contribution in [0.15, 0.2) is 0 Å². The van der Waals surface area contributed by atoms with Crippen molar-refractivity contribution < 1.29 is 0 Å². The summed E-state index contributed by atoms with van der Waals surface area (Å²) in [4.78, 5) is 0. The zero-order valence-corrected chi connectivity index (χ0v) is 3.72. The van der Waals surface area contributed by atoms with Crippen molar-refractivity contribution in [1.82, 2.24) is 5.32 Å². The molecule has 1 heterocycles. The molecule has 1 fully saturated rings. The summed E-state index contributed by atoms with van der Waals surface area (Å²) >= 11 is 1.84. The first-order valence-electron chi connectivity index (χ1n) is 1.64. The van der Waals surface area contributed by atoms with Gasteiger partial charge in [-0.25, -0.2) is 0 Å². The second kappa shape index (κ2) is 1.67. The fourth-order valence-corrected chi connectivity index (χ4v) is 0.884. The van der Waals surface area contributed by atoms with E-state index in [1.165, 1.54) is 0 Å². The molecule has 1 saturated heterocycles. The van der Waals surface area contributed by atoms with Gasteiger partial charge >= 0.3 is 0 Å². The molecule has 1 radical (unpaired) electrons. The van der Waals surface area contributed by atoms with Crippen molar-refractivity contribution in [3.8, 4) is 0 Å². The van der Waals surface area contributed by atoms with E-state index in [1.807, 2.05) is 11.8 Å². The van der Waals surface area contributed by atoms with Crippen LogP contribution < -0.4 is 5.32 Å². The zero-order valence-electron chi connectivity index (χ0n) is 2.90. The average molecular weight is 88.2 g/mol. The van der Waals surface area contributed by atoms with Crippen LogP contribution in [-0.2, 0) is 0 Å². The third kappa shape index (κ3) is 0.816. The number of hydrogen-bond acceptors (Lipinski definition) is 2. The molecular formula is C3H6NS. The summed E-state index contributed by atoms with van der Waals surface area (Å²) in [6.07, 6.45) is 0. The molecule has 0 aliphatic carbocycles. The number of nitrogens with one attached hydrogen (secondary N) is 1. The van der Waals surface area contributed by atoms with Crippen LogP contribution in [0.5, 0.6) is 0 Å². The van der Waals surface area contributed by atoms with E-state index in [1.54, 1.807) is 0 Å². The molecule has 0 unspecified atom stereocenters. The lowest BCUT2D eigenvalue weighted by Crippen LogP contribution is -2.03. The Bertz CT molecular complexity index is 18.5. The van der Waals surface area contributed by atoms with Crippen molar-refractivity contribution >= 4 is 11.8 Å². The maximum Gasteiger partial charge on any atom is 0.0421 e. The van der Waals surface area contributed by atoms with Crippen LogP contribution in [-0.4, -0.2) is 12.4 Å². The van der Waals surface area contributed by atoms with Crippen LogP contribution >= 0.6 is 11.8 Å². The van der Waals surface area contributed by atoms with Gasteiger partial charge in [-0.15, -0.1) is 11.8 Å². The minimum atomic E-state index is 1.09. The van der Waals surface area contributed by atoms with Crippen molar-refractivity contribution in [2.45, 2.75) is 0 Å². The Hall–Kier alpha value is 0.310. The molecule has 29 valence electrons. The Kier molecular flexibility index (Phi) is 1.17. The molecule has 1 rings (SSSR count). The SMILES string of the molecule is [CH]1CNCS1. The van der Waals surface area contributed by atoms with Gasteiger partial charge in [0.15, 0.2) is 0 Å². The van der Waals surface area contributed by atoms with Crippen molar-refractivity contribution in [2.24, 2.45) is 0 Å². The summed E-state index contributed by atoms with van der Waals surface area (Å²) in [5.41, 5.74) is 0. The lowest BCUT2D eigenvalue weighted by atomic mass is 10.8. The first-order valence-corrected chi connectivity index (χ1v) is 2.69. The monoisotopic (exact) mass is 88.0 g/mol. The number of thioether (sulfide) groups is 1. The van der Waals surface area contributed by atoms with Crippen LogP contribution in [0.3, 0.4) is 0 Å². The second-order valence-corrected chi connectivity index (χ2v) is 1.89. The standard InChI is InChI=1S/C3H6NS/c1-2-5-3-4-1/h2,4H,1,3H2. The Morgan fingerprint density at radius 3 is 3.00 bits per heavy atom. The lowest BCUT2D eigenvalue weighted by molar-refractivity contribution is 0.912. The topological polar surface area (TPSA) is 12.0 Å². The summed E-state index contributed by atoms with van der Waals surface area (Å²) in [6, 6.07) is 0. The van der Waals surface area contributed by atoms with Gasteiger partial charge in [-0.1, -0.05) is 0 Å². The molecule has 0 bridgehead atoms. The summed E-state index contributed by atoms with van der Waals surface area (Å²) in [7, 11) is 0. The molecule has 5 heavy (non-hydrogen) atoms. The summed E-state index contributed by atoms with van der Waals surface area (Å²) in [6.45, 7) is 1.09. The van der Waals surface area contributed by atoms with Crippen molar-refractivity contribution in [3.63, 3.8) is 0 Å². The van der Waals surface area contributed by atoms with E-state index in [4.69, 9.17) is 0 Å². The van der Waals surface area contributed by atoms with Crippen LogP contribution in [0.25, 0.3) is 0 Å². The maximum absolute atomic E-state index is 3.13. The first kappa shape index (κ1) is 3.50. The maximum atomic E-state index is 3.13. The highest BCUT2D eigenvalue weighted by atomic mass is 32.2. The Balaban J connectivity index is 2.08. The van der Waals surface area contributed by atoms with E-state index in [2.05, 4.69) is 11.1 Å². The van der Waals surface area contributed by atoms with Crippen molar-refractivity contribution in [3.05, 3.63) is 5.75 Å². The van der Waals surface area contributed by atoms with Gasteiger partial charge in [0.2, 0.25) is 0 Å². The Morgan fingerprint density at radius 2 is 2.80 bits per heavy atom. The van der Waals surface area contributed by atoms with E-state index < -0.39 is 0 Å². The van der Waals surface area contributed by atoms with E-state index in [-0.39, 0.29) is 0 Å². The fourth-order valence-electron chi connectivity index (χ4n) is 0.295. The van der Waals surface area contributed by atoms with E-state index in [9.17, 15) is 0 Å². The molecule has 0 saturated carbocycles. The third-order valence-electron chi connectivity index (χ3n) is 0.531. The highest BCUT2D eigenvalue weighted by Crippen LogP contribution is 2.05. The van der Waals surface area contributed by atoms with Gasteiger partial charge in [-0.3, -0.25) is 0 Å². The molecule has 0 amide bonds. The van der Waals surface area contributed by atoms with Crippen LogP contribution in [0.1, 0.15) is 0 Å². The van der Waals surface area contributed by atoms with Gasteiger partial charge in [0, 0.05) is 18.2 Å². The molecule has 0 atom stereocenters. The summed E-state index contributed by atoms with van der Waals surface area (Å²) in [5, 5.41) is 3.13. The number of rotatable bonds is 0. The summed E-state index contributed by atoms with van der Waals surface area (Å²) in [5.74, 6) is 3.28. The quantitative estimate of drug-likeness (QED) is 0.461. The molecule has 0 aromatic carbocycles. The average Bonchev–Trinajstić information content (AvgIpc) is 1.76. The highest BCUT2D eigenvalue weighted by Gasteiger charge is 1.94. The molecule has 1 aliphatic heterocycles. The molecule has 0 spiro atoms. The smallest absolute Gasteiger partial charge is 0.0421 e. The van der Waals surface area contributed by atoms with Crippen LogP contribution in [0.4, 0.5) is 0 Å². The van der Waals surface area contributed by atoms with Crippen molar-refractivity contribution in [2.75, 3.05) is 12.4 Å². The Labute approximate surface area is 36.1 Å². The van der Waals surface area contributed by atoms with E-state index in [0.29, 0.717) is 0 Å². The number of hydrogen-bond donors (Lipinski definition) is 1. The molecule has 1 nitrogen and oxygen atoms in total.